The number of nitrogens with two attached hydrogens (primary N) is 1. The van der Waals surface area contributed by atoms with Crippen LogP contribution in [-0.2, 0) is 17.2 Å². The highest BCUT2D eigenvalue weighted by Gasteiger charge is 2.10. The van der Waals surface area contributed by atoms with E-state index < -0.39 is 6.09 Å². The standard InChI is InChI=1S/C11H11ClFN3O2/c12-6-10-15-8-5-7(13)1-2-9(8)16(10)3-4-18-11(14)17/h1-2,5H,3-4,6H2,(H2,14,17). The Morgan fingerprint density at radius 1 is 1.56 bits per heavy atom. The summed E-state index contributed by atoms with van der Waals surface area (Å²) in [5.41, 5.74) is 6.13. The van der Waals surface area contributed by atoms with Gasteiger partial charge in [-0.25, -0.2) is 14.2 Å². The molecule has 0 unspecified atom stereocenters. The fourth-order valence-corrected chi connectivity index (χ4v) is 1.95. The van der Waals surface area contributed by atoms with Crippen LogP contribution in [0.15, 0.2) is 18.2 Å². The van der Waals surface area contributed by atoms with Crippen LogP contribution in [0.4, 0.5) is 9.18 Å². The average Bonchev–Trinajstić information content (AvgIpc) is 2.66. The topological polar surface area (TPSA) is 70.1 Å². The van der Waals surface area contributed by atoms with Gasteiger partial charge >= 0.3 is 6.09 Å². The number of ether oxygens (including phenoxy) is 1. The number of imidazole rings is 1. The van der Waals surface area contributed by atoms with E-state index in [-0.39, 0.29) is 18.3 Å². The fourth-order valence-electron chi connectivity index (χ4n) is 1.74. The number of carbonyl (C=O) groups excluding carboxylic acids is 1. The van der Waals surface area contributed by atoms with Gasteiger partial charge in [-0.3, -0.25) is 0 Å². The fraction of sp³-hybridized carbons (Fsp3) is 0.273. The van der Waals surface area contributed by atoms with E-state index in [2.05, 4.69) is 9.72 Å². The molecule has 2 aromatic rings. The predicted molar refractivity (Wildman–Crippen MR) is 64.8 cm³/mol. The molecule has 0 bridgehead atoms. The average molecular weight is 272 g/mol. The van der Waals surface area contributed by atoms with E-state index in [1.54, 1.807) is 10.6 Å². The lowest BCUT2D eigenvalue weighted by atomic mass is 10.3. The highest BCUT2D eigenvalue weighted by Crippen LogP contribution is 2.18. The molecule has 0 aliphatic rings. The van der Waals surface area contributed by atoms with Crippen molar-refractivity contribution in [2.24, 2.45) is 5.73 Å². The molecule has 2 N–H and O–H groups in total. The summed E-state index contributed by atoms with van der Waals surface area (Å²) in [7, 11) is 0. The van der Waals surface area contributed by atoms with Crippen molar-refractivity contribution < 1.29 is 13.9 Å². The molecule has 7 heteroatoms. The van der Waals surface area contributed by atoms with Crippen LogP contribution >= 0.6 is 11.6 Å². The maximum Gasteiger partial charge on any atom is 0.404 e. The van der Waals surface area contributed by atoms with Crippen molar-refractivity contribution in [2.45, 2.75) is 12.4 Å². The largest absolute Gasteiger partial charge is 0.448 e. The monoisotopic (exact) mass is 271 g/mol. The molecule has 5 nitrogen and oxygen atoms in total. The van der Waals surface area contributed by atoms with Gasteiger partial charge in [0.15, 0.2) is 0 Å². The third kappa shape index (κ3) is 2.53. The zero-order valence-corrected chi connectivity index (χ0v) is 10.2. The van der Waals surface area contributed by atoms with E-state index >= 15 is 0 Å². The first-order valence-electron chi connectivity index (χ1n) is 5.24. The van der Waals surface area contributed by atoms with Crippen molar-refractivity contribution in [1.82, 2.24) is 9.55 Å². The van der Waals surface area contributed by atoms with Crippen LogP contribution < -0.4 is 5.73 Å². The molecule has 0 saturated carbocycles. The quantitative estimate of drug-likeness (QED) is 0.865. The van der Waals surface area contributed by atoms with Gasteiger partial charge in [0, 0.05) is 6.07 Å². The molecule has 0 fully saturated rings. The molecular weight excluding hydrogens is 261 g/mol. The Morgan fingerprint density at radius 3 is 3.00 bits per heavy atom. The lowest BCUT2D eigenvalue weighted by molar-refractivity contribution is 0.152. The molecule has 0 saturated heterocycles. The first-order valence-corrected chi connectivity index (χ1v) is 5.78. The molecule has 0 atom stereocenters. The van der Waals surface area contributed by atoms with Crippen LogP contribution in [0.2, 0.25) is 0 Å². The predicted octanol–water partition coefficient (Wildman–Crippen LogP) is 2.01. The zero-order chi connectivity index (χ0) is 13.1. The van der Waals surface area contributed by atoms with E-state index in [1.807, 2.05) is 0 Å². The smallest absolute Gasteiger partial charge is 0.404 e. The van der Waals surface area contributed by atoms with Crippen molar-refractivity contribution >= 4 is 28.7 Å². The van der Waals surface area contributed by atoms with E-state index in [0.717, 1.165) is 5.52 Å². The van der Waals surface area contributed by atoms with Crippen LogP contribution in [0.1, 0.15) is 5.82 Å². The number of aromatic nitrogens is 2. The second-order valence-corrected chi connectivity index (χ2v) is 3.88. The number of fused-ring (bicyclic) bond motifs is 1. The maximum absolute atomic E-state index is 13.1. The molecule has 1 heterocycles. The molecule has 0 spiro atoms. The van der Waals surface area contributed by atoms with Gasteiger partial charge in [0.2, 0.25) is 0 Å². The Morgan fingerprint density at radius 2 is 2.33 bits per heavy atom. The SMILES string of the molecule is NC(=O)OCCn1c(CCl)nc2cc(F)ccc21. The first-order chi connectivity index (χ1) is 8.61. The van der Waals surface area contributed by atoms with Crippen molar-refractivity contribution in [3.05, 3.63) is 29.8 Å². The van der Waals surface area contributed by atoms with Gasteiger partial charge in [0.1, 0.15) is 18.2 Å². The van der Waals surface area contributed by atoms with Gasteiger partial charge < -0.3 is 15.0 Å². The molecule has 0 aliphatic carbocycles. The summed E-state index contributed by atoms with van der Waals surface area (Å²) in [5, 5.41) is 0. The Kier molecular flexibility index (Phi) is 3.66. The second-order valence-electron chi connectivity index (χ2n) is 3.61. The Balaban J connectivity index is 2.31. The molecule has 18 heavy (non-hydrogen) atoms. The number of amides is 1. The normalized spacial score (nSPS) is 10.8. The molecule has 0 radical (unpaired) electrons. The van der Waals surface area contributed by atoms with Crippen LogP contribution in [0.3, 0.4) is 0 Å². The molecule has 1 amide bonds. The summed E-state index contributed by atoms with van der Waals surface area (Å²) in [5.74, 6) is 0.416. The number of nitrogens with zero attached hydrogens (tertiary/aromatic N) is 2. The summed E-state index contributed by atoms with van der Waals surface area (Å²) < 4.78 is 19.5. The lowest BCUT2D eigenvalue weighted by Crippen LogP contribution is -2.17. The lowest BCUT2D eigenvalue weighted by Gasteiger charge is -2.07. The number of benzene rings is 1. The number of halogens is 2. The van der Waals surface area contributed by atoms with Crippen molar-refractivity contribution in [3.8, 4) is 0 Å². The summed E-state index contributed by atoms with van der Waals surface area (Å²) in [6.45, 7) is 0.481. The molecular formula is C11H11ClFN3O2. The summed E-state index contributed by atoms with van der Waals surface area (Å²) >= 11 is 5.78. The Bertz CT molecular complexity index is 585. The summed E-state index contributed by atoms with van der Waals surface area (Å²) in [6, 6.07) is 4.28. The van der Waals surface area contributed by atoms with Crippen molar-refractivity contribution in [2.75, 3.05) is 6.61 Å². The van der Waals surface area contributed by atoms with Gasteiger partial charge in [-0.05, 0) is 12.1 Å². The second kappa shape index (κ2) is 5.22. The first kappa shape index (κ1) is 12.6. The van der Waals surface area contributed by atoms with Crippen molar-refractivity contribution in [3.63, 3.8) is 0 Å². The summed E-state index contributed by atoms with van der Waals surface area (Å²) in [6.07, 6.45) is -0.835. The third-order valence-corrected chi connectivity index (χ3v) is 2.71. The number of hydrogen-bond donors (Lipinski definition) is 1. The molecule has 96 valence electrons. The molecule has 2 rings (SSSR count). The summed E-state index contributed by atoms with van der Waals surface area (Å²) in [4.78, 5) is 14.7. The van der Waals surface area contributed by atoms with E-state index in [9.17, 15) is 9.18 Å². The third-order valence-electron chi connectivity index (χ3n) is 2.47. The van der Waals surface area contributed by atoms with Gasteiger partial charge in [-0.15, -0.1) is 11.6 Å². The maximum atomic E-state index is 13.1. The molecule has 0 aliphatic heterocycles. The Labute approximate surface area is 107 Å². The minimum absolute atomic E-state index is 0.113. The number of carbonyl (C=O) groups is 1. The minimum Gasteiger partial charge on any atom is -0.448 e. The highest BCUT2D eigenvalue weighted by atomic mass is 35.5. The Hall–Kier alpha value is -1.82. The van der Waals surface area contributed by atoms with E-state index in [1.165, 1.54) is 12.1 Å². The molecule has 1 aromatic carbocycles. The highest BCUT2D eigenvalue weighted by molar-refractivity contribution is 6.16. The van der Waals surface area contributed by atoms with Crippen molar-refractivity contribution in [1.29, 1.82) is 0 Å². The number of primary amides is 1. The van der Waals surface area contributed by atoms with Crippen LogP contribution in [0.5, 0.6) is 0 Å². The van der Waals surface area contributed by atoms with Crippen LogP contribution in [0, 0.1) is 5.82 Å². The van der Waals surface area contributed by atoms with E-state index in [0.29, 0.717) is 17.9 Å². The van der Waals surface area contributed by atoms with Gasteiger partial charge in [0.25, 0.3) is 0 Å². The number of hydrogen-bond acceptors (Lipinski definition) is 3. The number of alkyl halides is 1. The molecule has 1 aromatic heterocycles. The van der Waals surface area contributed by atoms with Gasteiger partial charge in [-0.2, -0.15) is 0 Å². The van der Waals surface area contributed by atoms with Gasteiger partial charge in [-0.1, -0.05) is 0 Å². The van der Waals surface area contributed by atoms with Crippen LogP contribution in [-0.4, -0.2) is 22.3 Å². The van der Waals surface area contributed by atoms with Gasteiger partial charge in [0.05, 0.1) is 23.5 Å². The van der Waals surface area contributed by atoms with E-state index in [4.69, 9.17) is 17.3 Å². The van der Waals surface area contributed by atoms with Crippen LogP contribution in [0.25, 0.3) is 11.0 Å². The zero-order valence-electron chi connectivity index (χ0n) is 9.40. The minimum atomic E-state index is -0.835. The number of rotatable bonds is 4.